The van der Waals surface area contributed by atoms with Gasteiger partial charge in [-0.3, -0.25) is 9.59 Å². The monoisotopic (exact) mass is 539 g/mol. The molecular weight excluding hydrogens is 506 g/mol. The van der Waals surface area contributed by atoms with Crippen LogP contribution in [-0.4, -0.2) is 63.5 Å². The number of benzene rings is 3. The Bertz CT molecular complexity index is 1330. The number of methoxy groups -OCH3 is 2. The average Bonchev–Trinajstić information content (AvgIpc) is 2.92. The van der Waals surface area contributed by atoms with Gasteiger partial charge in [0.1, 0.15) is 17.5 Å². The van der Waals surface area contributed by atoms with Crippen LogP contribution >= 0.6 is 0 Å². The predicted octanol–water partition coefficient (Wildman–Crippen LogP) is 2.98. The minimum atomic E-state index is -3.62. The molecule has 1 atom stereocenters. The number of amides is 2. The van der Waals surface area contributed by atoms with E-state index in [1.165, 1.54) is 11.9 Å². The van der Waals surface area contributed by atoms with E-state index in [0.717, 1.165) is 21.7 Å². The summed E-state index contributed by atoms with van der Waals surface area (Å²) in [7, 11) is 0.824. The van der Waals surface area contributed by atoms with Gasteiger partial charge in [-0.2, -0.15) is 4.31 Å². The molecule has 0 unspecified atom stereocenters. The zero-order chi connectivity index (χ0) is 27.7. The standard InChI is InChI=1S/C28H33N3O6S/c1-30(38(4,34)35)20-26(32)31(19-21-14-16-24(36-2)17-15-21)27(22-10-6-5-7-11-22)28(33)29-18-23-12-8-9-13-25(23)37-3/h5-17,27H,18-20H2,1-4H3,(H,29,33)/t27-/m1/s1. The fourth-order valence-corrected chi connectivity index (χ4v) is 4.23. The first-order valence-electron chi connectivity index (χ1n) is 11.9. The van der Waals surface area contributed by atoms with Crippen molar-refractivity contribution in [3.63, 3.8) is 0 Å². The summed E-state index contributed by atoms with van der Waals surface area (Å²) in [5, 5.41) is 2.93. The molecule has 10 heteroatoms. The third kappa shape index (κ3) is 7.56. The van der Waals surface area contributed by atoms with Crippen molar-refractivity contribution < 1.29 is 27.5 Å². The molecule has 2 amide bonds. The highest BCUT2D eigenvalue weighted by atomic mass is 32.2. The van der Waals surface area contributed by atoms with E-state index in [2.05, 4.69) is 5.32 Å². The molecule has 0 saturated carbocycles. The van der Waals surface area contributed by atoms with E-state index in [4.69, 9.17) is 9.47 Å². The first-order valence-corrected chi connectivity index (χ1v) is 13.8. The fourth-order valence-electron chi connectivity index (χ4n) is 3.89. The summed E-state index contributed by atoms with van der Waals surface area (Å²) < 4.78 is 35.7. The normalized spacial score (nSPS) is 12.0. The zero-order valence-corrected chi connectivity index (χ0v) is 22.8. The summed E-state index contributed by atoms with van der Waals surface area (Å²) >= 11 is 0. The quantitative estimate of drug-likeness (QED) is 0.380. The number of hydrogen-bond donors (Lipinski definition) is 1. The van der Waals surface area contributed by atoms with Crippen LogP contribution in [0.25, 0.3) is 0 Å². The van der Waals surface area contributed by atoms with Crippen LogP contribution < -0.4 is 14.8 Å². The predicted molar refractivity (Wildman–Crippen MR) is 145 cm³/mol. The Morgan fingerprint density at radius 1 is 0.895 bits per heavy atom. The molecule has 9 nitrogen and oxygen atoms in total. The number of ether oxygens (including phenoxy) is 2. The van der Waals surface area contributed by atoms with Gasteiger partial charge in [0.15, 0.2) is 0 Å². The van der Waals surface area contributed by atoms with Crippen LogP contribution in [0.3, 0.4) is 0 Å². The summed E-state index contributed by atoms with van der Waals surface area (Å²) in [5.41, 5.74) is 2.12. The van der Waals surface area contributed by atoms with Gasteiger partial charge in [0.2, 0.25) is 21.8 Å². The Balaban J connectivity index is 1.99. The lowest BCUT2D eigenvalue weighted by atomic mass is 10.0. The molecule has 3 aromatic carbocycles. The van der Waals surface area contributed by atoms with Gasteiger partial charge in [-0.1, -0.05) is 60.7 Å². The number of para-hydroxylation sites is 1. The second-order valence-electron chi connectivity index (χ2n) is 8.73. The van der Waals surface area contributed by atoms with Gasteiger partial charge in [-0.05, 0) is 29.3 Å². The van der Waals surface area contributed by atoms with Crippen molar-refractivity contribution in [2.45, 2.75) is 19.1 Å². The van der Waals surface area contributed by atoms with E-state index in [-0.39, 0.29) is 13.1 Å². The number of carbonyl (C=O) groups is 2. The number of rotatable bonds is 12. The first-order chi connectivity index (χ1) is 18.1. The number of hydrogen-bond acceptors (Lipinski definition) is 6. The minimum Gasteiger partial charge on any atom is -0.497 e. The van der Waals surface area contributed by atoms with Crippen molar-refractivity contribution in [3.8, 4) is 11.5 Å². The van der Waals surface area contributed by atoms with E-state index >= 15 is 0 Å². The molecule has 3 aromatic rings. The van der Waals surface area contributed by atoms with Crippen molar-refractivity contribution in [1.82, 2.24) is 14.5 Å². The Morgan fingerprint density at radius 3 is 2.13 bits per heavy atom. The zero-order valence-electron chi connectivity index (χ0n) is 22.0. The van der Waals surface area contributed by atoms with E-state index in [9.17, 15) is 18.0 Å². The Hall–Kier alpha value is -3.89. The van der Waals surface area contributed by atoms with Crippen LogP contribution in [0.2, 0.25) is 0 Å². The summed E-state index contributed by atoms with van der Waals surface area (Å²) in [6, 6.07) is 22.4. The third-order valence-corrected chi connectivity index (χ3v) is 7.34. The summed E-state index contributed by atoms with van der Waals surface area (Å²) in [5.74, 6) is 0.351. The van der Waals surface area contributed by atoms with Gasteiger partial charge in [0.25, 0.3) is 0 Å². The first kappa shape index (κ1) is 28.7. The Morgan fingerprint density at radius 2 is 1.53 bits per heavy atom. The Kier molecular flexibility index (Phi) is 9.86. The van der Waals surface area contributed by atoms with E-state index in [1.807, 2.05) is 24.3 Å². The second kappa shape index (κ2) is 13.1. The Labute approximate surface area is 224 Å². The summed E-state index contributed by atoms with van der Waals surface area (Å²) in [4.78, 5) is 28.8. The number of sulfonamides is 1. The van der Waals surface area contributed by atoms with E-state index in [0.29, 0.717) is 17.1 Å². The number of nitrogens with zero attached hydrogens (tertiary/aromatic N) is 2. The number of carbonyl (C=O) groups excluding carboxylic acids is 2. The molecule has 38 heavy (non-hydrogen) atoms. The molecule has 0 spiro atoms. The molecule has 0 bridgehead atoms. The maximum absolute atomic E-state index is 13.7. The van der Waals surface area contributed by atoms with Crippen molar-refractivity contribution in [2.75, 3.05) is 34.1 Å². The van der Waals surface area contributed by atoms with Crippen molar-refractivity contribution in [2.24, 2.45) is 0 Å². The van der Waals surface area contributed by atoms with Gasteiger partial charge in [0, 0.05) is 25.7 Å². The molecule has 0 aliphatic carbocycles. The summed E-state index contributed by atoms with van der Waals surface area (Å²) in [6.07, 6.45) is 1.03. The van der Waals surface area contributed by atoms with Crippen LogP contribution in [0.4, 0.5) is 0 Å². The maximum atomic E-state index is 13.7. The average molecular weight is 540 g/mol. The van der Waals surface area contributed by atoms with E-state index in [1.54, 1.807) is 68.8 Å². The highest BCUT2D eigenvalue weighted by Gasteiger charge is 2.33. The molecule has 3 rings (SSSR count). The van der Waals surface area contributed by atoms with Crippen LogP contribution in [0.1, 0.15) is 22.7 Å². The van der Waals surface area contributed by atoms with Crippen LogP contribution in [0, 0.1) is 0 Å². The maximum Gasteiger partial charge on any atom is 0.247 e. The van der Waals surface area contributed by atoms with Gasteiger partial charge in [-0.25, -0.2) is 8.42 Å². The van der Waals surface area contributed by atoms with Crippen LogP contribution in [0.5, 0.6) is 11.5 Å². The molecule has 0 aliphatic rings. The van der Waals surface area contributed by atoms with Gasteiger partial charge in [-0.15, -0.1) is 0 Å². The molecule has 0 aliphatic heterocycles. The molecule has 1 N–H and O–H groups in total. The molecule has 0 saturated heterocycles. The molecule has 0 fully saturated rings. The van der Waals surface area contributed by atoms with Gasteiger partial charge < -0.3 is 19.7 Å². The topological polar surface area (TPSA) is 105 Å². The van der Waals surface area contributed by atoms with Crippen LogP contribution in [0.15, 0.2) is 78.9 Å². The molecule has 0 radical (unpaired) electrons. The van der Waals surface area contributed by atoms with E-state index < -0.39 is 34.4 Å². The molecular formula is C28H33N3O6S. The lowest BCUT2D eigenvalue weighted by molar-refractivity contribution is -0.141. The van der Waals surface area contributed by atoms with Crippen molar-refractivity contribution >= 4 is 21.8 Å². The smallest absolute Gasteiger partial charge is 0.247 e. The number of nitrogens with one attached hydrogen (secondary N) is 1. The number of likely N-dealkylation sites (N-methyl/N-ethyl adjacent to an activating group) is 1. The molecule has 0 heterocycles. The lowest BCUT2D eigenvalue weighted by Crippen LogP contribution is -2.47. The van der Waals surface area contributed by atoms with Crippen molar-refractivity contribution in [3.05, 3.63) is 95.6 Å². The largest absolute Gasteiger partial charge is 0.497 e. The highest BCUT2D eigenvalue weighted by Crippen LogP contribution is 2.26. The van der Waals surface area contributed by atoms with Crippen LogP contribution in [-0.2, 0) is 32.7 Å². The highest BCUT2D eigenvalue weighted by molar-refractivity contribution is 7.88. The van der Waals surface area contributed by atoms with Gasteiger partial charge in [0.05, 0.1) is 27.0 Å². The van der Waals surface area contributed by atoms with Gasteiger partial charge >= 0.3 is 0 Å². The molecule has 0 aromatic heterocycles. The SMILES string of the molecule is COc1ccc(CN(C(=O)CN(C)S(C)(=O)=O)[C@@H](C(=O)NCc2ccccc2OC)c2ccccc2)cc1. The third-order valence-electron chi connectivity index (χ3n) is 6.08. The fraction of sp³-hybridized carbons (Fsp3) is 0.286. The minimum absolute atomic E-state index is 0.0715. The molecule has 202 valence electrons. The summed E-state index contributed by atoms with van der Waals surface area (Å²) in [6.45, 7) is -0.167. The lowest BCUT2D eigenvalue weighted by Gasteiger charge is -2.32. The van der Waals surface area contributed by atoms with Crippen molar-refractivity contribution in [1.29, 1.82) is 0 Å². The second-order valence-corrected chi connectivity index (χ2v) is 10.8.